The van der Waals surface area contributed by atoms with Crippen molar-refractivity contribution < 1.29 is 22.7 Å². The van der Waals surface area contributed by atoms with Crippen molar-refractivity contribution in [2.24, 2.45) is 0 Å². The zero-order chi connectivity index (χ0) is 22.7. The van der Waals surface area contributed by atoms with Gasteiger partial charge in [-0.1, -0.05) is 11.8 Å². The number of thiophene rings is 1. The lowest BCUT2D eigenvalue weighted by atomic mass is 10.1. The first kappa shape index (κ1) is 21.7. The molecule has 0 saturated heterocycles. The number of fused-ring (bicyclic) bond motifs is 1. The van der Waals surface area contributed by atoms with Crippen LogP contribution in [0.2, 0.25) is 0 Å². The monoisotopic (exact) mass is 469 g/mol. The van der Waals surface area contributed by atoms with E-state index in [9.17, 15) is 22.7 Å². The summed E-state index contributed by atoms with van der Waals surface area (Å²) < 4.78 is 40.8. The lowest BCUT2D eigenvalue weighted by molar-refractivity contribution is -0.138. The van der Waals surface area contributed by atoms with Crippen LogP contribution in [0.1, 0.15) is 16.0 Å². The van der Waals surface area contributed by atoms with Gasteiger partial charge in [-0.3, -0.25) is 4.79 Å². The highest BCUT2D eigenvalue weighted by atomic mass is 32.2. The Labute approximate surface area is 187 Å². The molecule has 4 rings (SSSR count). The molecule has 7 nitrogen and oxygen atoms in total. The van der Waals surface area contributed by atoms with E-state index in [0.717, 1.165) is 16.7 Å². The number of aromatic nitrogens is 2. The second-order valence-corrected chi connectivity index (χ2v) is 9.83. The number of carboxylic acids is 1. The lowest BCUT2D eigenvalue weighted by Gasteiger charge is -2.13. The number of rotatable bonds is 6. The Morgan fingerprint density at radius 1 is 1.19 bits per heavy atom. The van der Waals surface area contributed by atoms with Crippen LogP contribution in [0.25, 0.3) is 11.0 Å². The second kappa shape index (κ2) is 8.92. The number of nitrogens with one attached hydrogen (secondary N) is 2. The van der Waals surface area contributed by atoms with Gasteiger partial charge in [-0.2, -0.15) is 4.72 Å². The molecule has 0 fully saturated rings. The predicted molar refractivity (Wildman–Crippen MR) is 118 cm³/mol. The molecule has 0 saturated carbocycles. The van der Waals surface area contributed by atoms with E-state index in [1.807, 2.05) is 0 Å². The van der Waals surface area contributed by atoms with Crippen molar-refractivity contribution in [3.05, 3.63) is 82.7 Å². The zero-order valence-corrected chi connectivity index (χ0v) is 18.0. The molecule has 10 heteroatoms. The molecule has 0 radical (unpaired) electrons. The van der Waals surface area contributed by atoms with Gasteiger partial charge in [-0.05, 0) is 54.1 Å². The number of H-pyrrole nitrogens is 1. The van der Waals surface area contributed by atoms with Crippen LogP contribution in [0.15, 0.2) is 65.1 Å². The third-order valence-electron chi connectivity index (χ3n) is 4.58. The van der Waals surface area contributed by atoms with Crippen LogP contribution in [0.4, 0.5) is 4.39 Å². The van der Waals surface area contributed by atoms with Crippen LogP contribution < -0.4 is 4.72 Å². The molecule has 4 aromatic rings. The van der Waals surface area contributed by atoms with Crippen LogP contribution in [0.5, 0.6) is 0 Å². The smallest absolute Gasteiger partial charge is 0.322 e. The average Bonchev–Trinajstić information content (AvgIpc) is 3.41. The lowest BCUT2D eigenvalue weighted by Crippen LogP contribution is -2.41. The molecular weight excluding hydrogens is 453 g/mol. The molecule has 0 spiro atoms. The number of hydrogen-bond donors (Lipinski definition) is 3. The number of halogens is 1. The molecular formula is C22H16FN3O4S2. The summed E-state index contributed by atoms with van der Waals surface area (Å²) in [5.74, 6) is 4.00. The second-order valence-electron chi connectivity index (χ2n) is 6.81. The first-order chi connectivity index (χ1) is 15.3. The molecule has 0 aliphatic heterocycles. The number of benzene rings is 1. The largest absolute Gasteiger partial charge is 0.480 e. The van der Waals surface area contributed by atoms with E-state index in [-0.39, 0.29) is 16.4 Å². The van der Waals surface area contributed by atoms with Gasteiger partial charge in [0.25, 0.3) is 10.0 Å². The highest BCUT2D eigenvalue weighted by Crippen LogP contribution is 2.23. The van der Waals surface area contributed by atoms with Gasteiger partial charge in [0.15, 0.2) is 0 Å². The van der Waals surface area contributed by atoms with E-state index < -0.39 is 22.0 Å². The molecule has 162 valence electrons. The first-order valence-corrected chi connectivity index (χ1v) is 11.7. The van der Waals surface area contributed by atoms with E-state index in [0.29, 0.717) is 21.7 Å². The Bertz CT molecular complexity index is 1450. The molecule has 0 unspecified atom stereocenters. The van der Waals surface area contributed by atoms with Crippen molar-refractivity contribution in [3.63, 3.8) is 0 Å². The molecule has 3 N–H and O–H groups in total. The molecule has 3 aromatic heterocycles. The summed E-state index contributed by atoms with van der Waals surface area (Å²) in [5.41, 5.74) is 1.82. The SMILES string of the molecule is O=C(O)[C@@H](Cc1c[nH]c2ncccc12)NS(=O)(=O)c1ccc(C#Cc2ccc(F)cc2)s1. The van der Waals surface area contributed by atoms with Gasteiger partial charge >= 0.3 is 5.97 Å². The van der Waals surface area contributed by atoms with Crippen molar-refractivity contribution in [1.29, 1.82) is 0 Å². The number of carbonyl (C=O) groups is 1. The fraction of sp³-hybridized carbons (Fsp3) is 0.0909. The van der Waals surface area contributed by atoms with Crippen LogP contribution in [0, 0.1) is 17.7 Å². The average molecular weight is 470 g/mol. The minimum atomic E-state index is -4.08. The summed E-state index contributed by atoms with van der Waals surface area (Å²) in [7, 11) is -4.08. The quantitative estimate of drug-likeness (QED) is 0.376. The van der Waals surface area contributed by atoms with E-state index >= 15 is 0 Å². The Kier molecular flexibility index (Phi) is 6.05. The van der Waals surface area contributed by atoms with Crippen molar-refractivity contribution >= 4 is 38.4 Å². The summed E-state index contributed by atoms with van der Waals surface area (Å²) in [5, 5.41) is 10.3. The summed E-state index contributed by atoms with van der Waals surface area (Å²) in [6.07, 6.45) is 3.17. The fourth-order valence-electron chi connectivity index (χ4n) is 3.02. The maximum atomic E-state index is 13.0. The molecule has 0 amide bonds. The maximum absolute atomic E-state index is 13.0. The fourth-order valence-corrected chi connectivity index (χ4v) is 5.39. The number of pyridine rings is 1. The van der Waals surface area contributed by atoms with Crippen LogP contribution in [0.3, 0.4) is 0 Å². The van der Waals surface area contributed by atoms with Gasteiger partial charge in [0.1, 0.15) is 21.7 Å². The van der Waals surface area contributed by atoms with E-state index in [1.165, 1.54) is 36.4 Å². The number of aromatic amines is 1. The topological polar surface area (TPSA) is 112 Å². The van der Waals surface area contributed by atoms with E-state index in [2.05, 4.69) is 26.5 Å². The first-order valence-electron chi connectivity index (χ1n) is 9.35. The maximum Gasteiger partial charge on any atom is 0.322 e. The Morgan fingerprint density at radius 3 is 2.72 bits per heavy atom. The normalized spacial score (nSPS) is 12.3. The highest BCUT2D eigenvalue weighted by Gasteiger charge is 2.27. The molecule has 0 bridgehead atoms. The predicted octanol–water partition coefficient (Wildman–Crippen LogP) is 3.14. The van der Waals surface area contributed by atoms with Gasteiger partial charge in [0.2, 0.25) is 0 Å². The standard InChI is InChI=1S/C22H16FN3O4S2/c23-16-6-3-14(4-7-16)5-8-17-9-10-20(31-17)32(29,30)26-19(22(27)28)12-15-13-25-21-18(15)2-1-11-24-21/h1-4,6-7,9-11,13,19,26H,12H2,(H,24,25)(H,27,28)/t19-/m1/s1. The van der Waals surface area contributed by atoms with Gasteiger partial charge in [-0.15, -0.1) is 11.3 Å². The number of carboxylic acid groups (broad SMARTS) is 1. The van der Waals surface area contributed by atoms with Crippen LogP contribution >= 0.6 is 11.3 Å². The van der Waals surface area contributed by atoms with Gasteiger partial charge in [-0.25, -0.2) is 17.8 Å². The number of hydrogen-bond acceptors (Lipinski definition) is 5. The third kappa shape index (κ3) is 4.86. The van der Waals surface area contributed by atoms with Gasteiger partial charge < -0.3 is 10.1 Å². The molecule has 3 heterocycles. The van der Waals surface area contributed by atoms with Gasteiger partial charge in [0, 0.05) is 29.8 Å². The third-order valence-corrected chi connectivity index (χ3v) is 7.54. The van der Waals surface area contributed by atoms with Gasteiger partial charge in [0.05, 0.1) is 4.88 Å². The molecule has 0 aliphatic rings. The van der Waals surface area contributed by atoms with Crippen molar-refractivity contribution in [3.8, 4) is 11.8 Å². The van der Waals surface area contributed by atoms with Crippen LogP contribution in [-0.2, 0) is 21.2 Å². The molecule has 1 atom stereocenters. The Balaban J connectivity index is 1.52. The minimum Gasteiger partial charge on any atom is -0.480 e. The number of aliphatic carboxylic acids is 1. The molecule has 32 heavy (non-hydrogen) atoms. The molecule has 0 aliphatic carbocycles. The highest BCUT2D eigenvalue weighted by molar-refractivity contribution is 7.91. The summed E-state index contributed by atoms with van der Waals surface area (Å²) in [6, 6.07) is 10.7. The van der Waals surface area contributed by atoms with Crippen LogP contribution in [-0.4, -0.2) is 35.5 Å². The minimum absolute atomic E-state index is 0.0484. The van der Waals surface area contributed by atoms with E-state index in [4.69, 9.17) is 0 Å². The zero-order valence-electron chi connectivity index (χ0n) is 16.4. The summed E-state index contributed by atoms with van der Waals surface area (Å²) in [4.78, 5) is 19.3. The number of sulfonamides is 1. The molecule has 1 aromatic carbocycles. The Hall–Kier alpha value is -3.52. The van der Waals surface area contributed by atoms with E-state index in [1.54, 1.807) is 24.5 Å². The summed E-state index contributed by atoms with van der Waals surface area (Å²) >= 11 is 0.919. The van der Waals surface area contributed by atoms with Crippen molar-refractivity contribution in [2.45, 2.75) is 16.7 Å². The Morgan fingerprint density at radius 2 is 1.97 bits per heavy atom. The van der Waals surface area contributed by atoms with Crippen molar-refractivity contribution in [2.75, 3.05) is 0 Å². The van der Waals surface area contributed by atoms with Crippen molar-refractivity contribution in [1.82, 2.24) is 14.7 Å². The number of nitrogens with zero attached hydrogens (tertiary/aromatic N) is 1. The summed E-state index contributed by atoms with van der Waals surface area (Å²) in [6.45, 7) is 0.